The van der Waals surface area contributed by atoms with Gasteiger partial charge in [-0.05, 0) is 47.1 Å². The summed E-state index contributed by atoms with van der Waals surface area (Å²) >= 11 is 10.9. The zero-order chi connectivity index (χ0) is 16.6. The minimum absolute atomic E-state index is 0.131. The van der Waals surface area contributed by atoms with Crippen LogP contribution >= 0.6 is 39.3 Å². The Labute approximate surface area is 150 Å². The molecule has 116 valence electrons. The highest BCUT2D eigenvalue weighted by molar-refractivity contribution is 9.10. The number of aromatic amines is 1. The lowest BCUT2D eigenvalue weighted by Crippen LogP contribution is -2.16. The Bertz CT molecular complexity index is 970. The lowest BCUT2D eigenvalue weighted by atomic mass is 10.1. The van der Waals surface area contributed by atoms with Gasteiger partial charge in [-0.2, -0.15) is 0 Å². The Morgan fingerprint density at radius 3 is 2.52 bits per heavy atom. The molecule has 0 atom stereocenters. The van der Waals surface area contributed by atoms with E-state index in [2.05, 4.69) is 20.9 Å². The monoisotopic (exact) mass is 407 g/mol. The molecule has 0 aliphatic carbocycles. The second-order valence-electron chi connectivity index (χ2n) is 4.91. The topological polar surface area (TPSA) is 49.9 Å². The molecule has 0 spiro atoms. The van der Waals surface area contributed by atoms with Crippen LogP contribution in [0.25, 0.3) is 10.9 Å². The Morgan fingerprint density at radius 2 is 1.87 bits per heavy atom. The fraction of sp³-hybridized carbons (Fsp3) is 0.0588. The molecule has 0 aliphatic rings. The van der Waals surface area contributed by atoms with Crippen LogP contribution in [0.5, 0.6) is 0 Å². The molecule has 0 radical (unpaired) electrons. The van der Waals surface area contributed by atoms with Gasteiger partial charge in [0.1, 0.15) is 0 Å². The number of hydrogen-bond donors (Lipinski definition) is 1. The van der Waals surface area contributed by atoms with Crippen LogP contribution in [0.2, 0.25) is 5.02 Å². The predicted octanol–water partition coefficient (Wildman–Crippen LogP) is 5.30. The Morgan fingerprint density at radius 1 is 1.17 bits per heavy atom. The number of ketones is 1. The minimum atomic E-state index is -0.351. The van der Waals surface area contributed by atoms with Gasteiger partial charge < -0.3 is 4.98 Å². The van der Waals surface area contributed by atoms with Crippen molar-refractivity contribution in [2.75, 3.05) is 0 Å². The molecule has 1 N–H and O–H groups in total. The molecule has 23 heavy (non-hydrogen) atoms. The zero-order valence-electron chi connectivity index (χ0n) is 12.0. The smallest absolute Gasteiger partial charge is 0.202 e. The van der Waals surface area contributed by atoms with Gasteiger partial charge in [-0.25, -0.2) is 0 Å². The third-order valence-electron chi connectivity index (χ3n) is 3.34. The number of H-pyrrole nitrogens is 1. The first-order chi connectivity index (χ1) is 11.0. The van der Waals surface area contributed by atoms with Crippen molar-refractivity contribution in [3.63, 3.8) is 0 Å². The van der Waals surface area contributed by atoms with Crippen LogP contribution in [0, 0.1) is 0 Å². The third-order valence-corrected chi connectivity index (χ3v) is 5.33. The van der Waals surface area contributed by atoms with Crippen LogP contribution in [0.3, 0.4) is 0 Å². The summed E-state index contributed by atoms with van der Waals surface area (Å²) in [5.41, 5.74) is 0.369. The maximum absolute atomic E-state index is 12.8. The summed E-state index contributed by atoms with van der Waals surface area (Å²) in [5.74, 6) is -0.289. The number of benzene rings is 2. The van der Waals surface area contributed by atoms with Crippen molar-refractivity contribution in [1.82, 2.24) is 4.98 Å². The standard InChI is InChI=1S/C17H11BrClNO2S/c1-9(21)13-16(22)14-12(19)8-7-11(18)15(14)20-17(13)23-10-5-3-2-4-6-10/h2-8H,1H3,(H,20,22). The molecule has 6 heteroatoms. The highest BCUT2D eigenvalue weighted by Gasteiger charge is 2.19. The molecule has 0 amide bonds. The fourth-order valence-electron chi connectivity index (χ4n) is 2.30. The van der Waals surface area contributed by atoms with E-state index in [1.165, 1.54) is 18.7 Å². The summed E-state index contributed by atoms with van der Waals surface area (Å²) in [6, 6.07) is 13.0. The molecule has 0 saturated heterocycles. The van der Waals surface area contributed by atoms with Crippen LogP contribution in [-0.4, -0.2) is 10.8 Å². The number of nitrogens with one attached hydrogen (secondary N) is 1. The Kier molecular flexibility index (Phi) is 4.62. The summed E-state index contributed by atoms with van der Waals surface area (Å²) in [6.07, 6.45) is 0. The van der Waals surface area contributed by atoms with Crippen LogP contribution in [0.15, 0.2) is 61.7 Å². The van der Waals surface area contributed by atoms with E-state index in [0.29, 0.717) is 21.0 Å². The summed E-state index contributed by atoms with van der Waals surface area (Å²) in [5, 5.41) is 1.16. The van der Waals surface area contributed by atoms with Gasteiger partial charge in [0.15, 0.2) is 5.78 Å². The number of carbonyl (C=O) groups is 1. The van der Waals surface area contributed by atoms with E-state index in [0.717, 1.165) is 9.37 Å². The number of Topliss-reactive ketones (excluding diaryl/α,β-unsaturated/α-hetero) is 1. The van der Waals surface area contributed by atoms with Crippen LogP contribution in [0.1, 0.15) is 17.3 Å². The van der Waals surface area contributed by atoms with E-state index in [1.54, 1.807) is 12.1 Å². The quantitative estimate of drug-likeness (QED) is 0.598. The second-order valence-corrected chi connectivity index (χ2v) is 7.25. The number of carbonyl (C=O) groups excluding carboxylic acids is 1. The normalized spacial score (nSPS) is 10.9. The maximum Gasteiger partial charge on any atom is 0.202 e. The lowest BCUT2D eigenvalue weighted by Gasteiger charge is -2.11. The SMILES string of the molecule is CC(=O)c1c(Sc2ccccc2)[nH]c2c(Br)ccc(Cl)c2c1=O. The van der Waals surface area contributed by atoms with Crippen molar-refractivity contribution >= 4 is 56.0 Å². The van der Waals surface area contributed by atoms with Gasteiger partial charge >= 0.3 is 0 Å². The van der Waals surface area contributed by atoms with Gasteiger partial charge in [-0.3, -0.25) is 9.59 Å². The maximum atomic E-state index is 12.8. The van der Waals surface area contributed by atoms with E-state index >= 15 is 0 Å². The van der Waals surface area contributed by atoms with Crippen molar-refractivity contribution in [3.8, 4) is 0 Å². The first-order valence-corrected chi connectivity index (χ1v) is 8.75. The number of aromatic nitrogens is 1. The number of pyridine rings is 1. The van der Waals surface area contributed by atoms with Crippen molar-refractivity contribution in [3.05, 3.63) is 67.7 Å². The number of hydrogen-bond acceptors (Lipinski definition) is 3. The van der Waals surface area contributed by atoms with E-state index in [-0.39, 0.29) is 16.8 Å². The molecule has 3 nitrogen and oxygen atoms in total. The largest absolute Gasteiger partial charge is 0.348 e. The predicted molar refractivity (Wildman–Crippen MR) is 97.8 cm³/mol. The molecular weight excluding hydrogens is 398 g/mol. The van der Waals surface area contributed by atoms with Crippen molar-refractivity contribution in [2.24, 2.45) is 0 Å². The molecule has 3 aromatic rings. The average Bonchev–Trinajstić information content (AvgIpc) is 2.51. The molecular formula is C17H11BrClNO2S. The lowest BCUT2D eigenvalue weighted by molar-refractivity contribution is 0.101. The number of rotatable bonds is 3. The summed E-state index contributed by atoms with van der Waals surface area (Å²) in [7, 11) is 0. The zero-order valence-corrected chi connectivity index (χ0v) is 15.2. The van der Waals surface area contributed by atoms with Gasteiger partial charge in [0.25, 0.3) is 0 Å². The van der Waals surface area contributed by atoms with E-state index in [1.807, 2.05) is 30.3 Å². The van der Waals surface area contributed by atoms with Crippen molar-refractivity contribution < 1.29 is 4.79 Å². The number of fused-ring (bicyclic) bond motifs is 1. The molecule has 0 bridgehead atoms. The van der Waals surface area contributed by atoms with Gasteiger partial charge in [0, 0.05) is 9.37 Å². The van der Waals surface area contributed by atoms with Gasteiger partial charge in [-0.1, -0.05) is 41.6 Å². The Balaban J connectivity index is 2.33. The summed E-state index contributed by atoms with van der Waals surface area (Å²) in [4.78, 5) is 28.9. The van der Waals surface area contributed by atoms with Crippen LogP contribution in [-0.2, 0) is 0 Å². The molecule has 0 saturated carbocycles. The van der Waals surface area contributed by atoms with E-state index < -0.39 is 0 Å². The molecule has 0 unspecified atom stereocenters. The van der Waals surface area contributed by atoms with Crippen molar-refractivity contribution in [2.45, 2.75) is 16.8 Å². The average molecular weight is 409 g/mol. The van der Waals surface area contributed by atoms with Crippen LogP contribution in [0.4, 0.5) is 0 Å². The number of halogens is 2. The Hall–Kier alpha value is -1.56. The summed E-state index contributed by atoms with van der Waals surface area (Å²) < 4.78 is 0.721. The highest BCUT2D eigenvalue weighted by atomic mass is 79.9. The van der Waals surface area contributed by atoms with Gasteiger partial charge in [0.05, 0.1) is 26.5 Å². The molecule has 1 heterocycles. The highest BCUT2D eigenvalue weighted by Crippen LogP contribution is 2.33. The molecule has 0 aliphatic heterocycles. The third kappa shape index (κ3) is 3.09. The molecule has 3 rings (SSSR count). The molecule has 2 aromatic carbocycles. The van der Waals surface area contributed by atoms with Crippen molar-refractivity contribution in [1.29, 1.82) is 0 Å². The van der Waals surface area contributed by atoms with Crippen LogP contribution < -0.4 is 5.43 Å². The first kappa shape index (κ1) is 16.3. The second kappa shape index (κ2) is 6.51. The first-order valence-electron chi connectivity index (χ1n) is 6.77. The molecule has 1 aromatic heterocycles. The van der Waals surface area contributed by atoms with E-state index in [9.17, 15) is 9.59 Å². The summed E-state index contributed by atoms with van der Waals surface area (Å²) in [6.45, 7) is 1.39. The van der Waals surface area contributed by atoms with Gasteiger partial charge in [-0.15, -0.1) is 0 Å². The molecule has 0 fully saturated rings. The minimum Gasteiger partial charge on any atom is -0.348 e. The van der Waals surface area contributed by atoms with Gasteiger partial charge in [0.2, 0.25) is 5.43 Å². The fourth-order valence-corrected chi connectivity index (χ4v) is 4.00. The van der Waals surface area contributed by atoms with E-state index in [4.69, 9.17) is 11.6 Å².